The third-order valence-corrected chi connectivity index (χ3v) is 9.40. The number of unbranched alkanes of at least 4 members (excludes halogenated alkanes) is 22. The Morgan fingerprint density at radius 2 is 1.06 bits per heavy atom. The molecule has 11 heteroatoms. The van der Waals surface area contributed by atoms with Gasteiger partial charge >= 0.3 is 19.8 Å². The molecule has 0 spiro atoms. The zero-order valence-electron chi connectivity index (χ0n) is 31.2. The summed E-state index contributed by atoms with van der Waals surface area (Å²) in [4.78, 5) is 34.8. The monoisotopic (exact) mass is 720 g/mol. The number of allylic oxidation sites excluding steroid dienone is 1. The summed E-state index contributed by atoms with van der Waals surface area (Å²) < 4.78 is 32.5. The molecule has 0 saturated heterocycles. The Kier molecular flexibility index (Phi) is 34.2. The van der Waals surface area contributed by atoms with E-state index >= 15 is 0 Å². The van der Waals surface area contributed by atoms with Gasteiger partial charge in [0.25, 0.3) is 0 Å². The van der Waals surface area contributed by atoms with Gasteiger partial charge in [0.1, 0.15) is 12.7 Å². The summed E-state index contributed by atoms with van der Waals surface area (Å²) in [6, 6.07) is 0. The molecule has 0 amide bonds. The molecule has 3 N–H and O–H groups in total. The number of phosphoric acid groups is 1. The number of phosphoric ester groups is 1. The van der Waals surface area contributed by atoms with Crippen LogP contribution in [0, 0.1) is 0 Å². The molecule has 49 heavy (non-hydrogen) atoms. The van der Waals surface area contributed by atoms with Gasteiger partial charge in [-0.1, -0.05) is 161 Å². The number of aliphatic hydroxyl groups is 2. The van der Waals surface area contributed by atoms with Crippen molar-refractivity contribution in [1.82, 2.24) is 0 Å². The lowest BCUT2D eigenvalue weighted by molar-refractivity contribution is -0.160. The van der Waals surface area contributed by atoms with Crippen molar-refractivity contribution < 1.29 is 47.8 Å². The summed E-state index contributed by atoms with van der Waals surface area (Å²) in [6.45, 7) is 2.32. The molecule has 0 aromatic rings. The second kappa shape index (κ2) is 35.1. The fourth-order valence-corrected chi connectivity index (χ4v) is 6.18. The van der Waals surface area contributed by atoms with Crippen LogP contribution in [0.1, 0.15) is 181 Å². The van der Waals surface area contributed by atoms with Crippen LogP contribution in [0.25, 0.3) is 0 Å². The molecule has 0 aliphatic carbocycles. The second-order valence-electron chi connectivity index (χ2n) is 13.3. The van der Waals surface area contributed by atoms with Gasteiger partial charge in [-0.2, -0.15) is 0 Å². The van der Waals surface area contributed by atoms with Crippen molar-refractivity contribution in [2.75, 3.05) is 26.4 Å². The normalized spacial score (nSPS) is 14.1. The summed E-state index contributed by atoms with van der Waals surface area (Å²) in [5.41, 5.74) is 0. The first-order valence-electron chi connectivity index (χ1n) is 19.6. The highest BCUT2D eigenvalue weighted by atomic mass is 31.2. The largest absolute Gasteiger partial charge is 0.472 e. The minimum atomic E-state index is -4.62. The van der Waals surface area contributed by atoms with Gasteiger partial charge in [0.05, 0.1) is 26.2 Å². The first kappa shape index (κ1) is 47.7. The van der Waals surface area contributed by atoms with E-state index in [1.807, 2.05) is 6.08 Å². The molecule has 0 heterocycles. The van der Waals surface area contributed by atoms with E-state index in [1.165, 1.54) is 109 Å². The highest BCUT2D eigenvalue weighted by Crippen LogP contribution is 2.43. The van der Waals surface area contributed by atoms with E-state index in [0.717, 1.165) is 38.5 Å². The van der Waals surface area contributed by atoms with Crippen molar-refractivity contribution in [2.45, 2.75) is 193 Å². The van der Waals surface area contributed by atoms with E-state index in [4.69, 9.17) is 19.1 Å². The van der Waals surface area contributed by atoms with Crippen molar-refractivity contribution >= 4 is 19.8 Å². The minimum absolute atomic E-state index is 0.0111. The van der Waals surface area contributed by atoms with Gasteiger partial charge in [0.15, 0.2) is 6.10 Å². The van der Waals surface area contributed by atoms with Gasteiger partial charge in [0.2, 0.25) is 0 Å². The zero-order chi connectivity index (χ0) is 36.3. The molecule has 0 fully saturated rings. The Morgan fingerprint density at radius 3 is 1.55 bits per heavy atom. The fourth-order valence-electron chi connectivity index (χ4n) is 5.39. The molecular formula is C38H73O10P. The number of hydrogen-bond donors (Lipinski definition) is 3. The van der Waals surface area contributed by atoms with E-state index in [2.05, 4.69) is 18.4 Å². The van der Waals surface area contributed by atoms with Crippen molar-refractivity contribution in [3.8, 4) is 0 Å². The first-order valence-corrected chi connectivity index (χ1v) is 21.1. The van der Waals surface area contributed by atoms with E-state index in [-0.39, 0.29) is 19.4 Å². The summed E-state index contributed by atoms with van der Waals surface area (Å²) >= 11 is 0. The quantitative estimate of drug-likeness (QED) is 0.0245. The Hall–Kier alpha value is -1.29. The minimum Gasteiger partial charge on any atom is -0.462 e. The molecule has 0 rings (SSSR count). The lowest BCUT2D eigenvalue weighted by atomic mass is 10.0. The van der Waals surface area contributed by atoms with Gasteiger partial charge in [-0.25, -0.2) is 4.57 Å². The molecular weight excluding hydrogens is 647 g/mol. The predicted molar refractivity (Wildman–Crippen MR) is 196 cm³/mol. The van der Waals surface area contributed by atoms with Crippen LogP contribution in [0.4, 0.5) is 0 Å². The predicted octanol–water partition coefficient (Wildman–Crippen LogP) is 9.67. The van der Waals surface area contributed by atoms with E-state index < -0.39 is 51.8 Å². The third kappa shape index (κ3) is 34.9. The maximum atomic E-state index is 12.5. The van der Waals surface area contributed by atoms with Crippen LogP contribution in [0.3, 0.4) is 0 Å². The van der Waals surface area contributed by atoms with Crippen LogP contribution in [-0.4, -0.2) is 65.7 Å². The summed E-state index contributed by atoms with van der Waals surface area (Å²) in [6.07, 6.45) is 30.6. The van der Waals surface area contributed by atoms with Crippen LogP contribution < -0.4 is 0 Å². The number of rotatable bonds is 37. The van der Waals surface area contributed by atoms with E-state index in [1.54, 1.807) is 6.08 Å². The molecule has 0 aliphatic heterocycles. The lowest BCUT2D eigenvalue weighted by Gasteiger charge is -2.20. The standard InChI is InChI=1S/C38H73O10P/c1-3-5-7-9-11-13-15-17-19-21-23-25-27-29-37(41)45-33-36(34-47-49(43,44)46-32-35(40)31-39)48-38(42)30-28-26-24-22-20-18-16-14-12-10-8-6-4-2/h26,28,35-36,39-40H,3-25,27,29-34H2,1-2H3,(H,43,44)/b28-26+/t35?,36-/m1/s1. The van der Waals surface area contributed by atoms with Crippen LogP contribution >= 0.6 is 7.82 Å². The molecule has 0 aromatic heterocycles. The second-order valence-corrected chi connectivity index (χ2v) is 14.8. The van der Waals surface area contributed by atoms with Crippen LogP contribution in [-0.2, 0) is 32.7 Å². The highest BCUT2D eigenvalue weighted by Gasteiger charge is 2.27. The smallest absolute Gasteiger partial charge is 0.462 e. The van der Waals surface area contributed by atoms with E-state index in [0.29, 0.717) is 6.42 Å². The summed E-state index contributed by atoms with van der Waals surface area (Å²) in [5.74, 6) is -1.01. The van der Waals surface area contributed by atoms with Crippen molar-refractivity contribution in [3.05, 3.63) is 12.2 Å². The van der Waals surface area contributed by atoms with Crippen molar-refractivity contribution in [2.24, 2.45) is 0 Å². The molecule has 0 aromatic carbocycles. The van der Waals surface area contributed by atoms with Crippen LogP contribution in [0.15, 0.2) is 12.2 Å². The molecule has 2 unspecified atom stereocenters. The maximum Gasteiger partial charge on any atom is 0.472 e. The molecule has 0 saturated carbocycles. The summed E-state index contributed by atoms with van der Waals surface area (Å²) in [7, 11) is -4.62. The Balaban J connectivity index is 4.39. The number of ether oxygens (including phenoxy) is 2. The zero-order valence-corrected chi connectivity index (χ0v) is 32.1. The molecule has 0 aliphatic rings. The van der Waals surface area contributed by atoms with Gasteiger partial charge in [0, 0.05) is 6.42 Å². The fraction of sp³-hybridized carbons (Fsp3) is 0.895. The Bertz CT molecular complexity index is 837. The molecule has 0 radical (unpaired) electrons. The van der Waals surface area contributed by atoms with Gasteiger partial charge in [-0.05, 0) is 19.3 Å². The average Bonchev–Trinajstić information content (AvgIpc) is 3.09. The van der Waals surface area contributed by atoms with Crippen LogP contribution in [0.2, 0.25) is 0 Å². The number of esters is 2. The first-order chi connectivity index (χ1) is 23.7. The van der Waals surface area contributed by atoms with Crippen molar-refractivity contribution in [1.29, 1.82) is 0 Å². The number of carbonyl (C=O) groups excluding carboxylic acids is 2. The maximum absolute atomic E-state index is 12.5. The van der Waals surface area contributed by atoms with E-state index in [9.17, 15) is 24.2 Å². The molecule has 290 valence electrons. The Morgan fingerprint density at radius 1 is 0.612 bits per heavy atom. The third-order valence-electron chi connectivity index (χ3n) is 8.45. The molecule has 10 nitrogen and oxygen atoms in total. The van der Waals surface area contributed by atoms with Crippen molar-refractivity contribution in [3.63, 3.8) is 0 Å². The molecule has 3 atom stereocenters. The number of carbonyl (C=O) groups is 2. The van der Waals surface area contributed by atoms with Crippen LogP contribution in [0.5, 0.6) is 0 Å². The summed E-state index contributed by atoms with van der Waals surface area (Å²) in [5, 5.41) is 18.3. The lowest BCUT2D eigenvalue weighted by Crippen LogP contribution is -2.29. The average molecular weight is 721 g/mol. The van der Waals surface area contributed by atoms with Gasteiger partial charge in [-0.3, -0.25) is 18.6 Å². The SMILES string of the molecule is CCCCCCCCCCCC/C=C/CC(=O)O[C@H](COC(=O)CCCCCCCCCCCCCCC)COP(=O)(O)OCC(O)CO. The van der Waals surface area contributed by atoms with Gasteiger partial charge in [-0.15, -0.1) is 0 Å². The number of aliphatic hydroxyl groups excluding tert-OH is 2. The van der Waals surface area contributed by atoms with Gasteiger partial charge < -0.3 is 24.6 Å². The topological polar surface area (TPSA) is 149 Å². The Labute approximate surface area is 298 Å². The highest BCUT2D eigenvalue weighted by molar-refractivity contribution is 7.47. The molecule has 0 bridgehead atoms. The number of hydrogen-bond acceptors (Lipinski definition) is 9.